The van der Waals surface area contributed by atoms with Gasteiger partial charge in [0.2, 0.25) is 15.9 Å². The topological polar surface area (TPSA) is 89.3 Å². The summed E-state index contributed by atoms with van der Waals surface area (Å²) in [6.45, 7) is 5.69. The van der Waals surface area contributed by atoms with Crippen molar-refractivity contribution in [1.82, 2.24) is 0 Å². The van der Waals surface area contributed by atoms with Crippen molar-refractivity contribution in [3.05, 3.63) is 23.2 Å². The second kappa shape index (κ2) is 5.90. The number of nitrogens with two attached hydrogens (primary N) is 1. The maximum Gasteiger partial charge on any atom is 0.238 e. The Morgan fingerprint density at radius 3 is 2.32 bits per heavy atom. The number of hydrogen-bond acceptors (Lipinski definition) is 3. The van der Waals surface area contributed by atoms with E-state index < -0.39 is 10.0 Å². The molecule has 5 nitrogen and oxygen atoms in total. The van der Waals surface area contributed by atoms with E-state index in [-0.39, 0.29) is 27.7 Å². The lowest BCUT2D eigenvalue weighted by Gasteiger charge is -2.16. The zero-order valence-corrected chi connectivity index (χ0v) is 12.5. The van der Waals surface area contributed by atoms with Crippen LogP contribution in [0.1, 0.15) is 20.8 Å². The molecule has 1 atom stereocenters. The second-order valence-electron chi connectivity index (χ2n) is 4.71. The third-order valence-electron chi connectivity index (χ3n) is 2.94. The van der Waals surface area contributed by atoms with Gasteiger partial charge in [0.15, 0.2) is 0 Å². The third kappa shape index (κ3) is 4.19. The van der Waals surface area contributed by atoms with Gasteiger partial charge in [-0.15, -0.1) is 0 Å². The van der Waals surface area contributed by atoms with Gasteiger partial charge >= 0.3 is 0 Å². The summed E-state index contributed by atoms with van der Waals surface area (Å²) in [6, 6.07) is 3.94. The summed E-state index contributed by atoms with van der Waals surface area (Å²) in [7, 11) is -3.80. The number of benzene rings is 1. The molecular formula is C12H17ClN2O3S. The molecule has 1 aromatic carbocycles. The van der Waals surface area contributed by atoms with Crippen molar-refractivity contribution in [2.24, 2.45) is 17.0 Å². The molecule has 0 saturated carbocycles. The molecule has 0 fully saturated rings. The van der Waals surface area contributed by atoms with Crippen molar-refractivity contribution in [2.45, 2.75) is 25.7 Å². The predicted molar refractivity (Wildman–Crippen MR) is 75.5 cm³/mol. The average Bonchev–Trinajstić information content (AvgIpc) is 2.29. The van der Waals surface area contributed by atoms with Gasteiger partial charge in [0.1, 0.15) is 0 Å². The highest BCUT2D eigenvalue weighted by molar-refractivity contribution is 7.89. The Kier molecular flexibility index (Phi) is 4.95. The maximum absolute atomic E-state index is 11.9. The SMILES string of the molecule is CC(C)C(C)C(=O)Nc1ccc(S(N)(=O)=O)cc1Cl. The van der Waals surface area contributed by atoms with Crippen LogP contribution in [-0.4, -0.2) is 14.3 Å². The first-order chi connectivity index (χ1) is 8.62. The van der Waals surface area contributed by atoms with E-state index in [0.717, 1.165) is 0 Å². The van der Waals surface area contributed by atoms with Gasteiger partial charge in [-0.1, -0.05) is 32.4 Å². The summed E-state index contributed by atoms with van der Waals surface area (Å²) in [4.78, 5) is 11.8. The van der Waals surface area contributed by atoms with E-state index in [9.17, 15) is 13.2 Å². The first-order valence-corrected chi connectivity index (χ1v) is 7.68. The summed E-state index contributed by atoms with van der Waals surface area (Å²) >= 11 is 5.93. The molecule has 1 amide bonds. The van der Waals surface area contributed by atoms with Gasteiger partial charge in [-0.3, -0.25) is 4.79 Å². The predicted octanol–water partition coefficient (Wildman–Crippen LogP) is 2.22. The fraction of sp³-hybridized carbons (Fsp3) is 0.417. The van der Waals surface area contributed by atoms with Gasteiger partial charge in [-0.25, -0.2) is 13.6 Å². The zero-order valence-electron chi connectivity index (χ0n) is 11.0. The van der Waals surface area contributed by atoms with Crippen molar-refractivity contribution in [1.29, 1.82) is 0 Å². The van der Waals surface area contributed by atoms with Crippen molar-refractivity contribution >= 4 is 33.2 Å². The molecular weight excluding hydrogens is 288 g/mol. The Bertz CT molecular complexity index is 585. The van der Waals surface area contributed by atoms with E-state index in [2.05, 4.69) is 5.32 Å². The number of rotatable bonds is 4. The number of sulfonamides is 1. The lowest BCUT2D eigenvalue weighted by atomic mass is 9.97. The fourth-order valence-corrected chi connectivity index (χ4v) is 2.16. The molecule has 3 N–H and O–H groups in total. The van der Waals surface area contributed by atoms with Crippen LogP contribution in [0.15, 0.2) is 23.1 Å². The molecule has 106 valence electrons. The Labute approximate surface area is 118 Å². The van der Waals surface area contributed by atoms with Gasteiger partial charge in [-0.05, 0) is 24.1 Å². The number of amides is 1. The summed E-state index contributed by atoms with van der Waals surface area (Å²) in [5, 5.41) is 7.79. The molecule has 1 unspecified atom stereocenters. The quantitative estimate of drug-likeness (QED) is 0.893. The van der Waals surface area contributed by atoms with Gasteiger partial charge in [0.05, 0.1) is 15.6 Å². The summed E-state index contributed by atoms with van der Waals surface area (Å²) < 4.78 is 22.3. The smallest absolute Gasteiger partial charge is 0.238 e. The molecule has 0 spiro atoms. The van der Waals surface area contributed by atoms with Gasteiger partial charge in [0, 0.05) is 5.92 Å². The fourth-order valence-electron chi connectivity index (χ4n) is 1.32. The van der Waals surface area contributed by atoms with Crippen LogP contribution in [0.25, 0.3) is 0 Å². The molecule has 19 heavy (non-hydrogen) atoms. The number of carbonyl (C=O) groups is 1. The molecule has 0 heterocycles. The van der Waals surface area contributed by atoms with E-state index in [0.29, 0.717) is 5.69 Å². The molecule has 0 radical (unpaired) electrons. The van der Waals surface area contributed by atoms with Crippen LogP contribution in [0.2, 0.25) is 5.02 Å². The number of carbonyl (C=O) groups excluding carboxylic acids is 1. The minimum atomic E-state index is -3.80. The molecule has 7 heteroatoms. The Balaban J connectivity index is 2.96. The van der Waals surface area contributed by atoms with E-state index in [1.165, 1.54) is 18.2 Å². The summed E-state index contributed by atoms with van der Waals surface area (Å²) in [6.07, 6.45) is 0. The average molecular weight is 305 g/mol. The van der Waals surface area contributed by atoms with Gasteiger partial charge in [0.25, 0.3) is 0 Å². The Morgan fingerprint density at radius 2 is 1.89 bits per heavy atom. The lowest BCUT2D eigenvalue weighted by Crippen LogP contribution is -2.24. The van der Waals surface area contributed by atoms with Gasteiger partial charge < -0.3 is 5.32 Å². The minimum Gasteiger partial charge on any atom is -0.325 e. The molecule has 0 aliphatic heterocycles. The largest absolute Gasteiger partial charge is 0.325 e. The van der Waals surface area contributed by atoms with Crippen LogP contribution in [0.5, 0.6) is 0 Å². The highest BCUT2D eigenvalue weighted by Crippen LogP contribution is 2.25. The molecule has 1 aromatic rings. The molecule has 1 rings (SSSR count). The van der Waals surface area contributed by atoms with Crippen molar-refractivity contribution in [2.75, 3.05) is 5.32 Å². The van der Waals surface area contributed by atoms with E-state index in [1.54, 1.807) is 0 Å². The normalized spacial score (nSPS) is 13.4. The van der Waals surface area contributed by atoms with Crippen LogP contribution >= 0.6 is 11.6 Å². The van der Waals surface area contributed by atoms with Crippen LogP contribution in [0.4, 0.5) is 5.69 Å². The minimum absolute atomic E-state index is 0.0904. The number of hydrogen-bond donors (Lipinski definition) is 2. The molecule has 0 bridgehead atoms. The number of primary sulfonamides is 1. The monoisotopic (exact) mass is 304 g/mol. The standard InChI is InChI=1S/C12H17ClN2O3S/c1-7(2)8(3)12(16)15-11-5-4-9(6-10(11)13)19(14,17)18/h4-8H,1-3H3,(H,15,16)(H2,14,17,18). The highest BCUT2D eigenvalue weighted by Gasteiger charge is 2.18. The first-order valence-electron chi connectivity index (χ1n) is 5.76. The molecule has 0 aliphatic carbocycles. The lowest BCUT2D eigenvalue weighted by molar-refractivity contribution is -0.120. The summed E-state index contributed by atoms with van der Waals surface area (Å²) in [5.41, 5.74) is 0.367. The van der Waals surface area contributed by atoms with Crippen molar-refractivity contribution in [3.8, 4) is 0 Å². The van der Waals surface area contributed by atoms with Crippen LogP contribution < -0.4 is 10.5 Å². The van der Waals surface area contributed by atoms with Gasteiger partial charge in [-0.2, -0.15) is 0 Å². The van der Waals surface area contributed by atoms with Crippen molar-refractivity contribution in [3.63, 3.8) is 0 Å². The Morgan fingerprint density at radius 1 is 1.32 bits per heavy atom. The second-order valence-corrected chi connectivity index (χ2v) is 6.68. The maximum atomic E-state index is 11.9. The molecule has 0 aromatic heterocycles. The van der Waals surface area contributed by atoms with Crippen molar-refractivity contribution < 1.29 is 13.2 Å². The highest BCUT2D eigenvalue weighted by atomic mass is 35.5. The molecule has 0 saturated heterocycles. The summed E-state index contributed by atoms with van der Waals surface area (Å²) in [5.74, 6) is -0.142. The van der Waals surface area contributed by atoms with Crippen LogP contribution in [-0.2, 0) is 14.8 Å². The van der Waals surface area contributed by atoms with E-state index in [4.69, 9.17) is 16.7 Å². The van der Waals surface area contributed by atoms with Crippen LogP contribution in [0, 0.1) is 11.8 Å². The third-order valence-corrected chi connectivity index (χ3v) is 4.16. The van der Waals surface area contributed by atoms with E-state index in [1.807, 2.05) is 20.8 Å². The Hall–Kier alpha value is -1.11. The molecule has 0 aliphatic rings. The first kappa shape index (κ1) is 15.9. The van der Waals surface area contributed by atoms with Crippen LogP contribution in [0.3, 0.4) is 0 Å². The number of nitrogens with one attached hydrogen (secondary N) is 1. The zero-order chi connectivity index (χ0) is 14.8. The number of halogens is 1. The van der Waals surface area contributed by atoms with E-state index >= 15 is 0 Å². The number of anilines is 1.